The molecule has 0 spiro atoms. The van der Waals surface area contributed by atoms with E-state index in [-0.39, 0.29) is 21.8 Å². The molecule has 17 heavy (non-hydrogen) atoms. The molecular weight excluding hydrogens is 273 g/mol. The average Bonchev–Trinajstić information content (AvgIpc) is 2.22. The average molecular weight is 277 g/mol. The maximum Gasteiger partial charge on any atom is 0.194 e. The van der Waals surface area contributed by atoms with Crippen LogP contribution in [-0.2, 0) is 0 Å². The van der Waals surface area contributed by atoms with Gasteiger partial charge in [-0.05, 0) is 0 Å². The number of hydrogen-bond donors (Lipinski definition) is 0. The van der Waals surface area contributed by atoms with Crippen LogP contribution in [-0.4, -0.2) is 10.2 Å². The standard InChI is InChI=1S/C10H4Cl2F2N2O/c11-9-4-8(10(12)16-15-9)17-7-2-5(13)1-6(14)3-7/h1-4H. The van der Waals surface area contributed by atoms with Gasteiger partial charge in [0.2, 0.25) is 0 Å². The molecule has 0 amide bonds. The molecule has 0 radical (unpaired) electrons. The van der Waals surface area contributed by atoms with E-state index in [0.717, 1.165) is 18.2 Å². The third kappa shape index (κ3) is 3.01. The van der Waals surface area contributed by atoms with Crippen LogP contribution in [0.2, 0.25) is 10.3 Å². The van der Waals surface area contributed by atoms with Crippen molar-refractivity contribution in [3.05, 3.63) is 46.2 Å². The van der Waals surface area contributed by atoms with E-state index in [9.17, 15) is 8.78 Å². The van der Waals surface area contributed by atoms with Crippen LogP contribution in [0.3, 0.4) is 0 Å². The molecule has 0 aliphatic rings. The van der Waals surface area contributed by atoms with Crippen LogP contribution in [0.1, 0.15) is 0 Å². The molecule has 3 nitrogen and oxygen atoms in total. The van der Waals surface area contributed by atoms with Crippen LogP contribution in [0.15, 0.2) is 24.3 Å². The normalized spacial score (nSPS) is 10.4. The van der Waals surface area contributed by atoms with Gasteiger partial charge < -0.3 is 4.74 Å². The van der Waals surface area contributed by atoms with Gasteiger partial charge in [0.05, 0.1) is 0 Å². The molecule has 2 rings (SSSR count). The summed E-state index contributed by atoms with van der Waals surface area (Å²) in [5.41, 5.74) is 0. The molecule has 88 valence electrons. The van der Waals surface area contributed by atoms with Gasteiger partial charge in [-0.2, -0.15) is 0 Å². The summed E-state index contributed by atoms with van der Waals surface area (Å²) < 4.78 is 31.0. The Morgan fingerprint density at radius 2 is 1.59 bits per heavy atom. The Hall–Kier alpha value is -1.46. The second-order valence-corrected chi connectivity index (χ2v) is 3.77. The lowest BCUT2D eigenvalue weighted by molar-refractivity contribution is 0.465. The Morgan fingerprint density at radius 1 is 0.941 bits per heavy atom. The SMILES string of the molecule is Fc1cc(F)cc(Oc2cc(Cl)nnc2Cl)c1. The van der Waals surface area contributed by atoms with Crippen molar-refractivity contribution in [3.63, 3.8) is 0 Å². The number of hydrogen-bond acceptors (Lipinski definition) is 3. The summed E-state index contributed by atoms with van der Waals surface area (Å²) in [4.78, 5) is 0. The topological polar surface area (TPSA) is 35.0 Å². The molecule has 1 aromatic carbocycles. The van der Waals surface area contributed by atoms with E-state index in [1.807, 2.05) is 0 Å². The molecule has 0 N–H and O–H groups in total. The van der Waals surface area contributed by atoms with Crippen molar-refractivity contribution < 1.29 is 13.5 Å². The van der Waals surface area contributed by atoms with Crippen molar-refractivity contribution in [2.45, 2.75) is 0 Å². The van der Waals surface area contributed by atoms with Gasteiger partial charge in [-0.15, -0.1) is 10.2 Å². The molecule has 0 bridgehead atoms. The molecule has 0 fully saturated rings. The minimum absolute atomic E-state index is 0.0477. The first-order valence-electron chi connectivity index (χ1n) is 4.37. The highest BCUT2D eigenvalue weighted by atomic mass is 35.5. The zero-order valence-electron chi connectivity index (χ0n) is 8.12. The zero-order chi connectivity index (χ0) is 12.4. The molecule has 0 aliphatic carbocycles. The smallest absolute Gasteiger partial charge is 0.194 e. The monoisotopic (exact) mass is 276 g/mol. The van der Waals surface area contributed by atoms with Gasteiger partial charge in [-0.3, -0.25) is 0 Å². The maximum atomic E-state index is 12.9. The summed E-state index contributed by atoms with van der Waals surface area (Å²) in [6.45, 7) is 0. The van der Waals surface area contributed by atoms with Crippen molar-refractivity contribution in [2.75, 3.05) is 0 Å². The summed E-state index contributed by atoms with van der Waals surface area (Å²) >= 11 is 11.3. The minimum Gasteiger partial charge on any atom is -0.454 e. The third-order valence-electron chi connectivity index (χ3n) is 1.75. The van der Waals surface area contributed by atoms with Gasteiger partial charge in [-0.25, -0.2) is 8.78 Å². The molecule has 0 atom stereocenters. The molecule has 0 saturated carbocycles. The zero-order valence-corrected chi connectivity index (χ0v) is 9.64. The van der Waals surface area contributed by atoms with E-state index >= 15 is 0 Å². The number of rotatable bonds is 2. The first-order chi connectivity index (χ1) is 8.04. The van der Waals surface area contributed by atoms with E-state index in [2.05, 4.69) is 10.2 Å². The number of halogens is 4. The van der Waals surface area contributed by atoms with Crippen LogP contribution in [0.25, 0.3) is 0 Å². The second kappa shape index (κ2) is 4.81. The molecule has 0 aliphatic heterocycles. The number of benzene rings is 1. The van der Waals surface area contributed by atoms with Crippen molar-refractivity contribution in [1.82, 2.24) is 10.2 Å². The van der Waals surface area contributed by atoms with Crippen molar-refractivity contribution in [3.8, 4) is 11.5 Å². The highest BCUT2D eigenvalue weighted by Crippen LogP contribution is 2.29. The Kier molecular flexibility index (Phi) is 3.40. The Morgan fingerprint density at radius 3 is 2.24 bits per heavy atom. The van der Waals surface area contributed by atoms with Gasteiger partial charge >= 0.3 is 0 Å². The van der Waals surface area contributed by atoms with Crippen molar-refractivity contribution >= 4 is 23.2 Å². The molecule has 0 saturated heterocycles. The summed E-state index contributed by atoms with van der Waals surface area (Å²) in [5.74, 6) is -1.50. The molecule has 2 aromatic rings. The highest BCUT2D eigenvalue weighted by molar-refractivity contribution is 6.32. The maximum absolute atomic E-state index is 12.9. The van der Waals surface area contributed by atoms with Crippen LogP contribution < -0.4 is 4.74 Å². The molecule has 7 heteroatoms. The van der Waals surface area contributed by atoms with E-state index < -0.39 is 11.6 Å². The van der Waals surface area contributed by atoms with Crippen LogP contribution >= 0.6 is 23.2 Å². The van der Waals surface area contributed by atoms with E-state index in [1.165, 1.54) is 6.07 Å². The van der Waals surface area contributed by atoms with Crippen molar-refractivity contribution in [1.29, 1.82) is 0 Å². The van der Waals surface area contributed by atoms with E-state index in [0.29, 0.717) is 0 Å². The van der Waals surface area contributed by atoms with Crippen LogP contribution in [0.4, 0.5) is 8.78 Å². The molecular formula is C10H4Cl2F2N2O. The molecule has 1 heterocycles. The quantitative estimate of drug-likeness (QED) is 0.836. The Labute approximate surface area is 105 Å². The van der Waals surface area contributed by atoms with E-state index in [4.69, 9.17) is 27.9 Å². The predicted octanol–water partition coefficient (Wildman–Crippen LogP) is 3.85. The summed E-state index contributed by atoms with van der Waals surface area (Å²) in [6.07, 6.45) is 0. The van der Waals surface area contributed by atoms with Gasteiger partial charge in [0.1, 0.15) is 17.4 Å². The van der Waals surface area contributed by atoms with Crippen LogP contribution in [0, 0.1) is 11.6 Å². The van der Waals surface area contributed by atoms with Crippen LogP contribution in [0.5, 0.6) is 11.5 Å². The summed E-state index contributed by atoms with van der Waals surface area (Å²) in [7, 11) is 0. The lowest BCUT2D eigenvalue weighted by Crippen LogP contribution is -1.91. The lowest BCUT2D eigenvalue weighted by atomic mass is 10.3. The lowest BCUT2D eigenvalue weighted by Gasteiger charge is -2.06. The fourth-order valence-corrected chi connectivity index (χ4v) is 1.39. The number of nitrogens with zero attached hydrogens (tertiary/aromatic N) is 2. The Balaban J connectivity index is 2.34. The Bertz CT molecular complexity index is 546. The van der Waals surface area contributed by atoms with Gasteiger partial charge in [0.25, 0.3) is 0 Å². The molecule has 1 aromatic heterocycles. The van der Waals surface area contributed by atoms with Gasteiger partial charge in [-0.1, -0.05) is 23.2 Å². The molecule has 0 unspecified atom stereocenters. The van der Waals surface area contributed by atoms with Crippen molar-refractivity contribution in [2.24, 2.45) is 0 Å². The van der Waals surface area contributed by atoms with Gasteiger partial charge in [0.15, 0.2) is 16.1 Å². The summed E-state index contributed by atoms with van der Waals surface area (Å²) in [5, 5.41) is 6.96. The largest absolute Gasteiger partial charge is 0.454 e. The van der Waals surface area contributed by atoms with E-state index in [1.54, 1.807) is 0 Å². The highest BCUT2D eigenvalue weighted by Gasteiger charge is 2.08. The third-order valence-corrected chi connectivity index (χ3v) is 2.20. The summed E-state index contributed by atoms with van der Waals surface area (Å²) in [6, 6.07) is 4.04. The fraction of sp³-hybridized carbons (Fsp3) is 0. The number of aromatic nitrogens is 2. The number of ether oxygens (including phenoxy) is 1. The second-order valence-electron chi connectivity index (χ2n) is 3.03. The predicted molar refractivity (Wildman–Crippen MR) is 58.5 cm³/mol. The minimum atomic E-state index is -0.760. The first-order valence-corrected chi connectivity index (χ1v) is 5.13. The fourth-order valence-electron chi connectivity index (χ4n) is 1.12. The van der Waals surface area contributed by atoms with Gasteiger partial charge in [0, 0.05) is 24.3 Å². The first kappa shape index (κ1) is 12.0.